The Morgan fingerprint density at radius 3 is 2.68 bits per heavy atom. The highest BCUT2D eigenvalue weighted by atomic mass is 16.5. The minimum absolute atomic E-state index is 0.110. The highest BCUT2D eigenvalue weighted by Crippen LogP contribution is 2.29. The predicted octanol–water partition coefficient (Wildman–Crippen LogP) is 5.03. The number of benzene rings is 2. The van der Waals surface area contributed by atoms with Gasteiger partial charge in [-0.3, -0.25) is 4.79 Å². The number of H-pyrrole nitrogens is 1. The fourth-order valence-electron chi connectivity index (χ4n) is 3.99. The van der Waals surface area contributed by atoms with Gasteiger partial charge in [-0.1, -0.05) is 54.0 Å². The fraction of sp³-hybridized carbons (Fsp3) is 0.320. The second kappa shape index (κ2) is 8.76. The molecule has 1 atom stereocenters. The molecule has 0 aliphatic heterocycles. The first-order valence-corrected chi connectivity index (χ1v) is 10.7. The van der Waals surface area contributed by atoms with E-state index in [0.717, 1.165) is 34.1 Å². The number of amides is 1. The van der Waals surface area contributed by atoms with E-state index in [1.54, 1.807) is 4.90 Å². The number of fused-ring (bicyclic) bond motifs is 1. The molecule has 0 fully saturated rings. The average molecular weight is 417 g/mol. The van der Waals surface area contributed by atoms with E-state index in [2.05, 4.69) is 47.2 Å². The molecule has 0 aliphatic rings. The highest BCUT2D eigenvalue weighted by molar-refractivity contribution is 5.89. The molecule has 1 amide bonds. The molecule has 2 aromatic carbocycles. The summed E-state index contributed by atoms with van der Waals surface area (Å²) in [6.45, 7) is 6.71. The summed E-state index contributed by atoms with van der Waals surface area (Å²) >= 11 is 0. The second-order valence-electron chi connectivity index (χ2n) is 8.07. The van der Waals surface area contributed by atoms with Crippen LogP contribution in [0.2, 0.25) is 0 Å². The summed E-state index contributed by atoms with van der Waals surface area (Å²) in [5.41, 5.74) is 5.25. The number of hydrogen-bond acceptors (Lipinski definition) is 4. The number of carbonyl (C=O) groups excluding carboxylic acids is 1. The van der Waals surface area contributed by atoms with Gasteiger partial charge in [-0.15, -0.1) is 0 Å². The summed E-state index contributed by atoms with van der Waals surface area (Å²) in [5, 5.41) is 5.29. The Hall–Kier alpha value is -3.41. The number of hydrogen-bond donors (Lipinski definition) is 1. The molecule has 4 rings (SSSR count). The van der Waals surface area contributed by atoms with Crippen LogP contribution in [-0.2, 0) is 11.2 Å². The Labute approximate surface area is 182 Å². The molecule has 2 aromatic heterocycles. The molecule has 0 aliphatic carbocycles. The van der Waals surface area contributed by atoms with Gasteiger partial charge >= 0.3 is 0 Å². The van der Waals surface area contributed by atoms with E-state index in [9.17, 15) is 4.79 Å². The lowest BCUT2D eigenvalue weighted by molar-refractivity contribution is -0.131. The maximum absolute atomic E-state index is 13.0. The molecule has 6 nitrogen and oxygen atoms in total. The standard InChI is InChI=1S/C25H28N4O2/c1-5-19(18-9-7-6-8-10-18)25(30)29(4)14-13-22-27-24(31-28-22)23-17(3)20-15-16(2)11-12-21(20)26-23/h6-12,15,19,26H,5,13-14H2,1-4H3/t19-/m1/s1. The lowest BCUT2D eigenvalue weighted by Gasteiger charge is -2.23. The third-order valence-electron chi connectivity index (χ3n) is 5.85. The van der Waals surface area contributed by atoms with Crippen molar-refractivity contribution in [3.63, 3.8) is 0 Å². The summed E-state index contributed by atoms with van der Waals surface area (Å²) in [4.78, 5) is 22.7. The molecular weight excluding hydrogens is 388 g/mol. The molecule has 4 aromatic rings. The van der Waals surface area contributed by atoms with Crippen molar-refractivity contribution in [3.05, 3.63) is 71.0 Å². The van der Waals surface area contributed by atoms with E-state index >= 15 is 0 Å². The van der Waals surface area contributed by atoms with Gasteiger partial charge in [-0.25, -0.2) is 0 Å². The Morgan fingerprint density at radius 2 is 1.94 bits per heavy atom. The van der Waals surface area contributed by atoms with Crippen molar-refractivity contribution in [2.75, 3.05) is 13.6 Å². The van der Waals surface area contributed by atoms with Gasteiger partial charge in [-0.05, 0) is 43.5 Å². The van der Waals surface area contributed by atoms with E-state index in [1.807, 2.05) is 44.3 Å². The topological polar surface area (TPSA) is 75.0 Å². The average Bonchev–Trinajstić information content (AvgIpc) is 3.38. The fourth-order valence-corrected chi connectivity index (χ4v) is 3.99. The lowest BCUT2D eigenvalue weighted by atomic mass is 9.95. The molecule has 1 N–H and O–H groups in total. The Balaban J connectivity index is 1.45. The van der Waals surface area contributed by atoms with Crippen LogP contribution in [0.3, 0.4) is 0 Å². The summed E-state index contributed by atoms with van der Waals surface area (Å²) in [5.74, 6) is 1.05. The Morgan fingerprint density at radius 1 is 1.16 bits per heavy atom. The zero-order valence-electron chi connectivity index (χ0n) is 18.5. The quantitative estimate of drug-likeness (QED) is 0.458. The lowest BCUT2D eigenvalue weighted by Crippen LogP contribution is -2.33. The van der Waals surface area contributed by atoms with Gasteiger partial charge in [0.25, 0.3) is 5.89 Å². The van der Waals surface area contributed by atoms with Crippen LogP contribution in [0.25, 0.3) is 22.5 Å². The number of aryl methyl sites for hydroxylation is 2. The van der Waals surface area contributed by atoms with Crippen LogP contribution in [0, 0.1) is 13.8 Å². The molecule has 0 bridgehead atoms. The first-order valence-electron chi connectivity index (χ1n) is 10.7. The number of rotatable bonds is 7. The summed E-state index contributed by atoms with van der Waals surface area (Å²) in [6, 6.07) is 16.2. The number of nitrogens with one attached hydrogen (secondary N) is 1. The van der Waals surface area contributed by atoms with Crippen molar-refractivity contribution in [3.8, 4) is 11.6 Å². The van der Waals surface area contributed by atoms with E-state index in [-0.39, 0.29) is 11.8 Å². The van der Waals surface area contributed by atoms with Crippen LogP contribution in [-0.4, -0.2) is 39.5 Å². The maximum Gasteiger partial charge on any atom is 0.274 e. The van der Waals surface area contributed by atoms with Crippen molar-refractivity contribution < 1.29 is 9.32 Å². The third-order valence-corrected chi connectivity index (χ3v) is 5.85. The molecule has 0 saturated heterocycles. The molecular formula is C25H28N4O2. The highest BCUT2D eigenvalue weighted by Gasteiger charge is 2.22. The van der Waals surface area contributed by atoms with Crippen LogP contribution in [0.4, 0.5) is 0 Å². The largest absolute Gasteiger partial charge is 0.350 e. The first-order chi connectivity index (χ1) is 15.0. The van der Waals surface area contributed by atoms with E-state index < -0.39 is 0 Å². The van der Waals surface area contributed by atoms with Crippen LogP contribution in [0.1, 0.15) is 41.8 Å². The van der Waals surface area contributed by atoms with Crippen molar-refractivity contribution in [1.29, 1.82) is 0 Å². The van der Waals surface area contributed by atoms with Gasteiger partial charge in [-0.2, -0.15) is 4.98 Å². The molecule has 0 spiro atoms. The number of carbonyl (C=O) groups is 1. The molecule has 2 heterocycles. The molecule has 0 radical (unpaired) electrons. The van der Waals surface area contributed by atoms with Gasteiger partial charge in [0, 0.05) is 30.9 Å². The van der Waals surface area contributed by atoms with Crippen molar-refractivity contribution in [2.45, 2.75) is 39.5 Å². The minimum atomic E-state index is -0.135. The number of aromatic nitrogens is 3. The van der Waals surface area contributed by atoms with Crippen LogP contribution < -0.4 is 0 Å². The van der Waals surface area contributed by atoms with Crippen LogP contribution in [0.5, 0.6) is 0 Å². The van der Waals surface area contributed by atoms with Crippen molar-refractivity contribution in [2.24, 2.45) is 0 Å². The minimum Gasteiger partial charge on any atom is -0.350 e. The van der Waals surface area contributed by atoms with Crippen LogP contribution >= 0.6 is 0 Å². The molecule has 160 valence electrons. The normalized spacial score (nSPS) is 12.3. The third kappa shape index (κ3) is 4.24. The maximum atomic E-state index is 13.0. The zero-order valence-corrected chi connectivity index (χ0v) is 18.5. The molecule has 31 heavy (non-hydrogen) atoms. The van der Waals surface area contributed by atoms with Crippen molar-refractivity contribution in [1.82, 2.24) is 20.0 Å². The molecule has 0 saturated carbocycles. The second-order valence-corrected chi connectivity index (χ2v) is 8.07. The predicted molar refractivity (Wildman–Crippen MR) is 122 cm³/mol. The SMILES string of the molecule is CC[C@@H](C(=O)N(C)CCc1noc(-c2[nH]c3ccc(C)cc3c2C)n1)c1ccccc1. The van der Waals surface area contributed by atoms with E-state index in [1.165, 1.54) is 5.56 Å². The summed E-state index contributed by atoms with van der Waals surface area (Å²) < 4.78 is 5.53. The van der Waals surface area contributed by atoms with Crippen molar-refractivity contribution >= 4 is 16.8 Å². The monoisotopic (exact) mass is 416 g/mol. The smallest absolute Gasteiger partial charge is 0.274 e. The van der Waals surface area contributed by atoms with Gasteiger partial charge in [0.05, 0.1) is 5.92 Å². The van der Waals surface area contributed by atoms with Gasteiger partial charge in [0.15, 0.2) is 5.82 Å². The summed E-state index contributed by atoms with van der Waals surface area (Å²) in [6.07, 6.45) is 1.30. The number of likely N-dealkylation sites (N-methyl/N-ethyl adjacent to an activating group) is 1. The summed E-state index contributed by atoms with van der Waals surface area (Å²) in [7, 11) is 1.83. The van der Waals surface area contributed by atoms with Gasteiger partial charge in [0.2, 0.25) is 5.91 Å². The van der Waals surface area contributed by atoms with Gasteiger partial charge in [0.1, 0.15) is 5.69 Å². The molecule has 6 heteroatoms. The first kappa shape index (κ1) is 20.8. The Bertz CT molecular complexity index is 1190. The molecule has 0 unspecified atom stereocenters. The van der Waals surface area contributed by atoms with Gasteiger partial charge < -0.3 is 14.4 Å². The number of aromatic amines is 1. The zero-order chi connectivity index (χ0) is 22.0. The van der Waals surface area contributed by atoms with E-state index in [4.69, 9.17) is 4.52 Å². The van der Waals surface area contributed by atoms with E-state index in [0.29, 0.717) is 24.7 Å². The van der Waals surface area contributed by atoms with Crippen LogP contribution in [0.15, 0.2) is 53.1 Å². The Kier molecular flexibility index (Phi) is 5.89. The number of nitrogens with zero attached hydrogens (tertiary/aromatic N) is 3.